The number of thioether (sulfide) groups is 1. The summed E-state index contributed by atoms with van der Waals surface area (Å²) in [5.41, 5.74) is 1.49. The Hall–Kier alpha value is -3.27. The molecule has 0 aliphatic heterocycles. The molecule has 0 fully saturated rings. The number of rotatable bonds is 10. The number of ketones is 1. The van der Waals surface area contributed by atoms with Crippen molar-refractivity contribution < 1.29 is 28.2 Å². The Morgan fingerprint density at radius 1 is 1.13 bits per heavy atom. The van der Waals surface area contributed by atoms with Gasteiger partial charge in [0.15, 0.2) is 17.4 Å². The van der Waals surface area contributed by atoms with E-state index in [1.807, 2.05) is 32.2 Å². The molecule has 1 aromatic heterocycles. The topological polar surface area (TPSA) is 83.6 Å². The lowest BCUT2D eigenvalue weighted by Gasteiger charge is -2.23. The number of carbonyl (C=O) groups is 1. The fourth-order valence-corrected chi connectivity index (χ4v) is 4.49. The number of ether oxygens (including phenoxy) is 2. The highest BCUT2D eigenvalue weighted by Crippen LogP contribution is 2.36. The van der Waals surface area contributed by atoms with Gasteiger partial charge in [-0.15, -0.1) is 11.8 Å². The molecule has 0 saturated heterocycles. The summed E-state index contributed by atoms with van der Waals surface area (Å²) in [4.78, 5) is 17.7. The third-order valence-electron chi connectivity index (χ3n) is 5.55. The minimum Gasteiger partial charge on any atom is -0.497 e. The zero-order valence-electron chi connectivity index (χ0n) is 21.4. The highest BCUT2D eigenvalue weighted by molar-refractivity contribution is 7.98. The average Bonchev–Trinajstić information content (AvgIpc) is 3.33. The largest absolute Gasteiger partial charge is 0.497 e. The molecule has 1 unspecified atom stereocenters. The van der Waals surface area contributed by atoms with Crippen LogP contribution in [0.1, 0.15) is 35.8 Å². The third-order valence-corrected chi connectivity index (χ3v) is 6.49. The Morgan fingerprint density at radius 3 is 2.55 bits per heavy atom. The van der Waals surface area contributed by atoms with Gasteiger partial charge in [0.05, 0.1) is 13.7 Å². The van der Waals surface area contributed by atoms with E-state index in [2.05, 4.69) is 10.3 Å². The molecule has 1 heterocycles. The molecule has 202 valence electrons. The van der Waals surface area contributed by atoms with Gasteiger partial charge in [-0.3, -0.25) is 4.79 Å². The summed E-state index contributed by atoms with van der Waals surface area (Å²) in [6.45, 7) is 3.75. The number of halogens is 3. The third kappa shape index (κ3) is 6.59. The summed E-state index contributed by atoms with van der Waals surface area (Å²) >= 11 is 7.69. The molecule has 0 aliphatic rings. The molecule has 1 atom stereocenters. The van der Waals surface area contributed by atoms with Crippen molar-refractivity contribution in [2.45, 2.75) is 24.8 Å². The van der Waals surface area contributed by atoms with Gasteiger partial charge in [-0.25, -0.2) is 8.78 Å². The number of anilines is 1. The van der Waals surface area contributed by atoms with E-state index in [4.69, 9.17) is 21.1 Å². The number of aliphatic hydroxyl groups excluding tert-OH is 1. The first-order chi connectivity index (χ1) is 18.3. The molecular formula is C28H29ClF2N2O4S. The second-order valence-corrected chi connectivity index (χ2v) is 9.13. The van der Waals surface area contributed by atoms with Crippen LogP contribution in [0.4, 0.5) is 14.5 Å². The SMILES string of the molecule is CC.COc1cc(NC(C(=O)c2c[nH]c3cc(F)c(F)cc23)c2ccc(Cl)cc2OCCO)cc(SC)c1. The van der Waals surface area contributed by atoms with Gasteiger partial charge in [-0.2, -0.15) is 0 Å². The van der Waals surface area contributed by atoms with Crippen LogP contribution in [0.5, 0.6) is 11.5 Å². The monoisotopic (exact) mass is 562 g/mol. The van der Waals surface area contributed by atoms with Crippen molar-refractivity contribution in [3.63, 3.8) is 0 Å². The summed E-state index contributed by atoms with van der Waals surface area (Å²) in [6.07, 6.45) is 3.34. The van der Waals surface area contributed by atoms with Gasteiger partial charge >= 0.3 is 0 Å². The maximum Gasteiger partial charge on any atom is 0.191 e. The van der Waals surface area contributed by atoms with Gasteiger partial charge in [0.2, 0.25) is 0 Å². The van der Waals surface area contributed by atoms with Crippen LogP contribution in [0.3, 0.4) is 0 Å². The van der Waals surface area contributed by atoms with Crippen molar-refractivity contribution in [2.75, 3.05) is 31.9 Å². The van der Waals surface area contributed by atoms with Crippen LogP contribution in [-0.4, -0.2) is 42.5 Å². The summed E-state index contributed by atoms with van der Waals surface area (Å²) in [5, 5.41) is 13.2. The zero-order valence-corrected chi connectivity index (χ0v) is 23.0. The number of aromatic nitrogens is 1. The number of hydrogen-bond donors (Lipinski definition) is 3. The van der Waals surface area contributed by atoms with Crippen LogP contribution in [0.25, 0.3) is 10.9 Å². The van der Waals surface area contributed by atoms with Crippen LogP contribution >= 0.6 is 23.4 Å². The summed E-state index contributed by atoms with van der Waals surface area (Å²) < 4.78 is 38.9. The summed E-state index contributed by atoms with van der Waals surface area (Å²) in [7, 11) is 1.55. The van der Waals surface area contributed by atoms with E-state index < -0.39 is 23.5 Å². The number of H-pyrrole nitrogens is 1. The smallest absolute Gasteiger partial charge is 0.191 e. The number of nitrogens with one attached hydrogen (secondary N) is 2. The molecule has 0 radical (unpaired) electrons. The molecule has 4 rings (SSSR count). The van der Waals surface area contributed by atoms with Crippen molar-refractivity contribution in [1.29, 1.82) is 0 Å². The Labute approximate surface area is 229 Å². The number of aliphatic hydroxyl groups is 1. The van der Waals surface area contributed by atoms with Crippen LogP contribution in [0, 0.1) is 11.6 Å². The number of Topliss-reactive ketones (excluding diaryl/α,β-unsaturated/α-hetero) is 1. The molecule has 4 aromatic rings. The van der Waals surface area contributed by atoms with E-state index in [0.717, 1.165) is 17.0 Å². The molecule has 0 saturated carbocycles. The predicted molar refractivity (Wildman–Crippen MR) is 149 cm³/mol. The first-order valence-corrected chi connectivity index (χ1v) is 13.5. The fourth-order valence-electron chi connectivity index (χ4n) is 3.85. The second-order valence-electron chi connectivity index (χ2n) is 7.81. The standard InChI is InChI=1S/C26H23ClF2N2O4S.C2H6/c1-34-16-8-15(9-17(10-16)36-2)31-25(18-4-3-14(27)7-24(18)35-6-5-32)26(33)20-13-30-23-12-22(29)21(28)11-19(20)23;1-2/h3-4,7-13,25,30-32H,5-6H2,1-2H3;1-2H3. The quantitative estimate of drug-likeness (QED) is 0.139. The lowest BCUT2D eigenvalue weighted by atomic mass is 9.95. The summed E-state index contributed by atoms with van der Waals surface area (Å²) in [5.74, 6) is -1.61. The number of fused-ring (bicyclic) bond motifs is 1. The Kier molecular flexibility index (Phi) is 10.4. The highest BCUT2D eigenvalue weighted by Gasteiger charge is 2.28. The van der Waals surface area contributed by atoms with E-state index >= 15 is 0 Å². The van der Waals surface area contributed by atoms with Crippen LogP contribution in [0.2, 0.25) is 5.02 Å². The van der Waals surface area contributed by atoms with Gasteiger partial charge < -0.3 is 24.9 Å². The van der Waals surface area contributed by atoms with Crippen molar-refractivity contribution in [2.24, 2.45) is 0 Å². The van der Waals surface area contributed by atoms with Crippen LogP contribution in [-0.2, 0) is 0 Å². The van der Waals surface area contributed by atoms with Crippen molar-refractivity contribution in [1.82, 2.24) is 4.98 Å². The Morgan fingerprint density at radius 2 is 1.87 bits per heavy atom. The minimum atomic E-state index is -1.06. The van der Waals surface area contributed by atoms with Crippen LogP contribution in [0.15, 0.2) is 59.6 Å². The molecule has 0 amide bonds. The van der Waals surface area contributed by atoms with E-state index in [9.17, 15) is 18.7 Å². The molecule has 38 heavy (non-hydrogen) atoms. The molecule has 0 spiro atoms. The van der Waals surface area contributed by atoms with E-state index in [1.165, 1.54) is 18.0 Å². The number of methoxy groups -OCH3 is 1. The van der Waals surface area contributed by atoms with Gasteiger partial charge in [0.25, 0.3) is 0 Å². The Balaban J connectivity index is 0.00000195. The molecule has 6 nitrogen and oxygen atoms in total. The van der Waals surface area contributed by atoms with Gasteiger partial charge in [-0.05, 0) is 36.6 Å². The molecular weight excluding hydrogens is 534 g/mol. The first-order valence-electron chi connectivity index (χ1n) is 11.9. The highest BCUT2D eigenvalue weighted by atomic mass is 35.5. The molecule has 3 N–H and O–H groups in total. The van der Waals surface area contributed by atoms with E-state index in [-0.39, 0.29) is 29.7 Å². The maximum atomic E-state index is 14.1. The fraction of sp³-hybridized carbons (Fsp3) is 0.250. The normalized spacial score (nSPS) is 11.5. The Bertz CT molecular complexity index is 1390. The lowest BCUT2D eigenvalue weighted by molar-refractivity contribution is 0.0969. The molecule has 0 bridgehead atoms. The van der Waals surface area contributed by atoms with Crippen molar-refractivity contribution in [3.8, 4) is 11.5 Å². The minimum absolute atomic E-state index is 0.0123. The van der Waals surface area contributed by atoms with Gasteiger partial charge in [0.1, 0.15) is 24.1 Å². The number of benzene rings is 3. The van der Waals surface area contributed by atoms with Crippen molar-refractivity contribution in [3.05, 3.63) is 82.5 Å². The van der Waals surface area contributed by atoms with Crippen molar-refractivity contribution >= 4 is 45.7 Å². The van der Waals surface area contributed by atoms with Crippen LogP contribution < -0.4 is 14.8 Å². The maximum absolute atomic E-state index is 14.1. The average molecular weight is 563 g/mol. The number of hydrogen-bond acceptors (Lipinski definition) is 6. The number of carbonyl (C=O) groups excluding carboxylic acids is 1. The summed E-state index contributed by atoms with van der Waals surface area (Å²) in [6, 6.07) is 11.3. The molecule has 0 aliphatic carbocycles. The van der Waals surface area contributed by atoms with Gasteiger partial charge in [0, 0.05) is 56.0 Å². The predicted octanol–water partition coefficient (Wildman–Crippen LogP) is 7.26. The van der Waals surface area contributed by atoms with Gasteiger partial charge in [-0.1, -0.05) is 31.5 Å². The first kappa shape index (κ1) is 29.3. The number of aromatic amines is 1. The lowest BCUT2D eigenvalue weighted by Crippen LogP contribution is -2.22. The molecule has 3 aromatic carbocycles. The molecule has 10 heteroatoms. The second kappa shape index (κ2) is 13.5. The zero-order chi connectivity index (χ0) is 27.8. The van der Waals surface area contributed by atoms with E-state index in [1.54, 1.807) is 31.4 Å². The van der Waals surface area contributed by atoms with E-state index in [0.29, 0.717) is 27.8 Å².